The zero-order chi connectivity index (χ0) is 25.6. The van der Waals surface area contributed by atoms with E-state index in [1.54, 1.807) is 42.5 Å². The minimum atomic E-state index is -0.359. The van der Waals surface area contributed by atoms with Crippen LogP contribution in [0.4, 0.5) is 0 Å². The standard InChI is InChI=1S/C29H19BrN4O3/c30-21-5-3-4-20(14-21)28-15-26(25-6-1-2-7-27(25)33-28)29(35)34-32-17-23-12-13-24(37-23)18-36-22-10-8-19(16-31)9-11-22/h1-15,17H,18H2,(H,34,35)/b32-17+. The predicted octanol–water partition coefficient (Wildman–Crippen LogP) is 6.47. The summed E-state index contributed by atoms with van der Waals surface area (Å²) in [5, 5.41) is 13.7. The van der Waals surface area contributed by atoms with Gasteiger partial charge in [-0.2, -0.15) is 10.4 Å². The highest BCUT2D eigenvalue weighted by molar-refractivity contribution is 9.10. The Morgan fingerprint density at radius 1 is 1.05 bits per heavy atom. The molecule has 8 heteroatoms. The third-order valence-corrected chi connectivity index (χ3v) is 5.98. The Labute approximate surface area is 221 Å². The number of fused-ring (bicyclic) bond motifs is 1. The van der Waals surface area contributed by atoms with Crippen LogP contribution in [-0.2, 0) is 6.61 Å². The van der Waals surface area contributed by atoms with E-state index in [0.29, 0.717) is 39.6 Å². The van der Waals surface area contributed by atoms with Gasteiger partial charge in [0.15, 0.2) is 0 Å². The fourth-order valence-electron chi connectivity index (χ4n) is 3.70. The van der Waals surface area contributed by atoms with Gasteiger partial charge in [-0.1, -0.05) is 46.3 Å². The first-order valence-electron chi connectivity index (χ1n) is 11.3. The zero-order valence-electron chi connectivity index (χ0n) is 19.4. The molecule has 0 radical (unpaired) electrons. The molecule has 180 valence electrons. The van der Waals surface area contributed by atoms with Crippen molar-refractivity contribution in [3.05, 3.63) is 118 Å². The third-order valence-electron chi connectivity index (χ3n) is 5.49. The summed E-state index contributed by atoms with van der Waals surface area (Å²) < 4.78 is 12.3. The number of pyridine rings is 1. The van der Waals surface area contributed by atoms with Crippen LogP contribution in [-0.4, -0.2) is 17.1 Å². The number of nitrogens with zero attached hydrogens (tertiary/aromatic N) is 3. The minimum Gasteiger partial charge on any atom is -0.486 e. The number of hydrazone groups is 1. The Bertz CT molecular complexity index is 1650. The van der Waals surface area contributed by atoms with Gasteiger partial charge in [-0.05, 0) is 60.7 Å². The Balaban J connectivity index is 1.28. The largest absolute Gasteiger partial charge is 0.486 e. The molecule has 0 aliphatic carbocycles. The summed E-state index contributed by atoms with van der Waals surface area (Å²) in [7, 11) is 0. The summed E-state index contributed by atoms with van der Waals surface area (Å²) in [6, 6.07) is 29.4. The molecule has 0 saturated heterocycles. The van der Waals surface area contributed by atoms with Gasteiger partial charge >= 0.3 is 0 Å². The van der Waals surface area contributed by atoms with Crippen molar-refractivity contribution in [1.29, 1.82) is 5.26 Å². The maximum atomic E-state index is 13.1. The van der Waals surface area contributed by atoms with Crippen LogP contribution in [0.15, 0.2) is 105 Å². The van der Waals surface area contributed by atoms with E-state index in [9.17, 15) is 4.79 Å². The van der Waals surface area contributed by atoms with Crippen LogP contribution in [0.5, 0.6) is 5.75 Å². The summed E-state index contributed by atoms with van der Waals surface area (Å²) in [6.07, 6.45) is 1.43. The Hall–Kier alpha value is -4.74. The molecule has 1 N–H and O–H groups in total. The van der Waals surface area contributed by atoms with Gasteiger partial charge in [-0.3, -0.25) is 4.79 Å². The van der Waals surface area contributed by atoms with Gasteiger partial charge in [0.05, 0.1) is 34.6 Å². The predicted molar refractivity (Wildman–Crippen MR) is 144 cm³/mol. The lowest BCUT2D eigenvalue weighted by Crippen LogP contribution is -2.18. The normalized spacial score (nSPS) is 10.9. The van der Waals surface area contributed by atoms with E-state index in [4.69, 9.17) is 19.4 Å². The average molecular weight is 551 g/mol. The SMILES string of the molecule is N#Cc1ccc(OCc2ccc(/C=N/NC(=O)c3cc(-c4cccc(Br)c4)nc4ccccc34)o2)cc1. The highest BCUT2D eigenvalue weighted by atomic mass is 79.9. The van der Waals surface area contributed by atoms with Gasteiger partial charge in [0, 0.05) is 15.4 Å². The summed E-state index contributed by atoms with van der Waals surface area (Å²) in [4.78, 5) is 17.8. The van der Waals surface area contributed by atoms with E-state index in [2.05, 4.69) is 32.5 Å². The van der Waals surface area contributed by atoms with Crippen molar-refractivity contribution in [3.63, 3.8) is 0 Å². The van der Waals surface area contributed by atoms with E-state index in [1.165, 1.54) is 6.21 Å². The van der Waals surface area contributed by atoms with Gasteiger partial charge in [0.1, 0.15) is 23.9 Å². The second kappa shape index (κ2) is 10.9. The van der Waals surface area contributed by atoms with Crippen molar-refractivity contribution in [1.82, 2.24) is 10.4 Å². The summed E-state index contributed by atoms with van der Waals surface area (Å²) >= 11 is 3.49. The number of hydrogen-bond acceptors (Lipinski definition) is 6. The maximum absolute atomic E-state index is 13.1. The minimum absolute atomic E-state index is 0.216. The Morgan fingerprint density at radius 2 is 1.89 bits per heavy atom. The summed E-state index contributed by atoms with van der Waals surface area (Å²) in [5.41, 5.74) is 5.91. The number of hydrogen-bond donors (Lipinski definition) is 1. The molecule has 0 spiro atoms. The lowest BCUT2D eigenvalue weighted by atomic mass is 10.0. The number of nitriles is 1. The van der Waals surface area contributed by atoms with Gasteiger partial charge in [0.2, 0.25) is 0 Å². The molecule has 0 aliphatic rings. The third kappa shape index (κ3) is 5.74. The molecule has 5 aromatic rings. The second-order valence-electron chi connectivity index (χ2n) is 8.01. The van der Waals surface area contributed by atoms with Crippen LogP contribution in [0.1, 0.15) is 27.4 Å². The van der Waals surface area contributed by atoms with Crippen LogP contribution in [0.3, 0.4) is 0 Å². The molecule has 1 amide bonds. The van der Waals surface area contributed by atoms with Crippen molar-refractivity contribution in [2.75, 3.05) is 0 Å². The molecule has 0 fully saturated rings. The van der Waals surface area contributed by atoms with Crippen molar-refractivity contribution in [2.45, 2.75) is 6.61 Å². The highest BCUT2D eigenvalue weighted by Gasteiger charge is 2.14. The van der Waals surface area contributed by atoms with E-state index in [1.807, 2.05) is 48.5 Å². The van der Waals surface area contributed by atoms with E-state index in [0.717, 1.165) is 15.4 Å². The molecule has 37 heavy (non-hydrogen) atoms. The zero-order valence-corrected chi connectivity index (χ0v) is 21.0. The fraction of sp³-hybridized carbons (Fsp3) is 0.0345. The molecule has 0 bridgehead atoms. The molecule has 0 saturated carbocycles. The second-order valence-corrected chi connectivity index (χ2v) is 8.93. The maximum Gasteiger partial charge on any atom is 0.272 e. The average Bonchev–Trinajstić information content (AvgIpc) is 3.39. The van der Waals surface area contributed by atoms with E-state index < -0.39 is 0 Å². The molecule has 2 heterocycles. The topological polar surface area (TPSA) is 101 Å². The first kappa shape index (κ1) is 24.0. The van der Waals surface area contributed by atoms with Crippen molar-refractivity contribution >= 4 is 39.0 Å². The van der Waals surface area contributed by atoms with Crippen LogP contribution in [0.25, 0.3) is 22.2 Å². The molecular weight excluding hydrogens is 532 g/mol. The molecule has 0 unspecified atom stereocenters. The van der Waals surface area contributed by atoms with Gasteiger partial charge in [-0.15, -0.1) is 0 Å². The van der Waals surface area contributed by atoms with Crippen molar-refractivity contribution in [3.8, 4) is 23.1 Å². The molecule has 0 atom stereocenters. The fourth-order valence-corrected chi connectivity index (χ4v) is 4.09. The molecule has 3 aromatic carbocycles. The first-order valence-corrected chi connectivity index (χ1v) is 12.1. The van der Waals surface area contributed by atoms with Crippen LogP contribution in [0.2, 0.25) is 0 Å². The van der Waals surface area contributed by atoms with Crippen molar-refractivity contribution < 1.29 is 13.9 Å². The number of rotatable bonds is 7. The number of para-hydroxylation sites is 1. The number of ether oxygens (including phenoxy) is 1. The number of carbonyl (C=O) groups excluding carboxylic acids is 1. The number of halogens is 1. The number of furan rings is 1. The van der Waals surface area contributed by atoms with Crippen LogP contribution >= 0.6 is 15.9 Å². The number of benzene rings is 3. The van der Waals surface area contributed by atoms with E-state index >= 15 is 0 Å². The lowest BCUT2D eigenvalue weighted by molar-refractivity contribution is 0.0956. The summed E-state index contributed by atoms with van der Waals surface area (Å²) in [5.74, 6) is 1.33. The van der Waals surface area contributed by atoms with Gasteiger partial charge < -0.3 is 9.15 Å². The quantitative estimate of drug-likeness (QED) is 0.185. The molecule has 7 nitrogen and oxygen atoms in total. The number of aromatic nitrogens is 1. The first-order chi connectivity index (χ1) is 18.1. The number of carbonyl (C=O) groups is 1. The lowest BCUT2D eigenvalue weighted by Gasteiger charge is -2.09. The molecule has 2 aromatic heterocycles. The van der Waals surface area contributed by atoms with Crippen LogP contribution < -0.4 is 10.2 Å². The van der Waals surface area contributed by atoms with Gasteiger partial charge in [0.25, 0.3) is 5.91 Å². The molecule has 5 rings (SSSR count). The highest BCUT2D eigenvalue weighted by Crippen LogP contribution is 2.26. The van der Waals surface area contributed by atoms with Gasteiger partial charge in [-0.25, -0.2) is 10.4 Å². The number of nitrogens with one attached hydrogen (secondary N) is 1. The van der Waals surface area contributed by atoms with Crippen molar-refractivity contribution in [2.24, 2.45) is 5.10 Å². The van der Waals surface area contributed by atoms with E-state index in [-0.39, 0.29) is 12.5 Å². The summed E-state index contributed by atoms with van der Waals surface area (Å²) in [6.45, 7) is 0.216. The van der Waals surface area contributed by atoms with Crippen LogP contribution in [0, 0.1) is 11.3 Å². The molecule has 0 aliphatic heterocycles. The molecular formula is C29H19BrN4O3. The number of amides is 1. The monoisotopic (exact) mass is 550 g/mol. The Kier molecular flexibility index (Phi) is 7.06. The smallest absolute Gasteiger partial charge is 0.272 e. The Morgan fingerprint density at radius 3 is 2.70 bits per heavy atom.